The average molecular weight is 501 g/mol. The fraction of sp³-hybridized carbons (Fsp3) is 0.906. The van der Waals surface area contributed by atoms with Gasteiger partial charge in [0.05, 0.1) is 24.7 Å². The van der Waals surface area contributed by atoms with Crippen LogP contribution in [0.3, 0.4) is 0 Å². The molecule has 5 aliphatic rings. The third kappa shape index (κ3) is 2.82. The summed E-state index contributed by atoms with van der Waals surface area (Å²) < 4.78 is 5.56. The molecular formula is C32H52O4. The highest BCUT2D eigenvalue weighted by Gasteiger charge is 2.73. The fourth-order valence-corrected chi connectivity index (χ4v) is 11.8. The molecule has 0 spiro atoms. The van der Waals surface area contributed by atoms with Gasteiger partial charge in [-0.3, -0.25) is 4.79 Å². The summed E-state index contributed by atoms with van der Waals surface area (Å²) in [6.07, 6.45) is 9.08. The summed E-state index contributed by atoms with van der Waals surface area (Å²) >= 11 is 0. The second kappa shape index (κ2) is 7.84. The molecule has 4 saturated carbocycles. The highest BCUT2D eigenvalue weighted by Crippen LogP contribution is 2.78. The molecule has 0 heterocycles. The van der Waals surface area contributed by atoms with Gasteiger partial charge in [0.2, 0.25) is 0 Å². The highest BCUT2D eigenvalue weighted by molar-refractivity contribution is 5.79. The molecule has 5 aliphatic carbocycles. The second-order valence-electron chi connectivity index (χ2n) is 15.4. The van der Waals surface area contributed by atoms with Gasteiger partial charge in [-0.15, -0.1) is 0 Å². The van der Waals surface area contributed by atoms with Crippen molar-refractivity contribution in [1.29, 1.82) is 0 Å². The molecule has 5 rings (SSSR count). The number of carbonyl (C=O) groups is 1. The third-order valence-corrected chi connectivity index (χ3v) is 14.4. The summed E-state index contributed by atoms with van der Waals surface area (Å²) in [6.45, 7) is 19.0. The van der Waals surface area contributed by atoms with E-state index in [1.54, 1.807) is 7.11 Å². The Labute approximate surface area is 219 Å². The number of aliphatic hydroxyl groups excluding tert-OH is 2. The normalized spacial score (nSPS) is 55.8. The Morgan fingerprint density at radius 3 is 2.25 bits per heavy atom. The Kier molecular flexibility index (Phi) is 5.82. The Morgan fingerprint density at radius 1 is 0.944 bits per heavy atom. The van der Waals surface area contributed by atoms with E-state index in [4.69, 9.17) is 4.74 Å². The Hall–Kier alpha value is -0.870. The van der Waals surface area contributed by atoms with Crippen molar-refractivity contribution >= 4 is 5.97 Å². The molecule has 36 heavy (non-hydrogen) atoms. The van der Waals surface area contributed by atoms with Crippen LogP contribution in [0.15, 0.2) is 11.6 Å². The maximum atomic E-state index is 13.6. The van der Waals surface area contributed by atoms with Gasteiger partial charge in [-0.1, -0.05) is 67.0 Å². The predicted octanol–water partition coefficient (Wildman–Crippen LogP) is 6.54. The van der Waals surface area contributed by atoms with Crippen LogP contribution in [-0.4, -0.2) is 35.5 Å². The zero-order valence-electron chi connectivity index (χ0n) is 24.4. The number of allylic oxidation sites excluding steroid dienone is 2. The monoisotopic (exact) mass is 500 g/mol. The minimum atomic E-state index is -0.670. The van der Waals surface area contributed by atoms with E-state index in [0.717, 1.165) is 44.9 Å². The van der Waals surface area contributed by atoms with E-state index in [0.29, 0.717) is 30.1 Å². The average Bonchev–Trinajstić information content (AvgIpc) is 2.81. The Bertz CT molecular complexity index is 969. The number of carbonyl (C=O) groups excluding carboxylic acids is 1. The molecule has 11 atom stereocenters. The summed E-state index contributed by atoms with van der Waals surface area (Å²) in [5.41, 5.74) is 0.656. The Balaban J connectivity index is 1.66. The zero-order valence-corrected chi connectivity index (χ0v) is 24.4. The number of esters is 1. The van der Waals surface area contributed by atoms with Crippen molar-refractivity contribution in [3.05, 3.63) is 11.6 Å². The van der Waals surface area contributed by atoms with E-state index < -0.39 is 17.6 Å². The smallest absolute Gasteiger partial charge is 0.312 e. The topological polar surface area (TPSA) is 66.8 Å². The van der Waals surface area contributed by atoms with Crippen molar-refractivity contribution in [2.45, 2.75) is 119 Å². The van der Waals surface area contributed by atoms with Crippen LogP contribution in [0.25, 0.3) is 0 Å². The van der Waals surface area contributed by atoms with Gasteiger partial charge in [0.1, 0.15) is 0 Å². The molecule has 204 valence electrons. The van der Waals surface area contributed by atoms with Gasteiger partial charge in [0, 0.05) is 5.41 Å². The SMILES string of the molecule is COC(=O)[C@]12CC[C@@H](C)[C@H](C)[C@@]1(C)C1=CCC3[C@@]4(C)C[C@@H](O)[C@H](O)C(C)(C)C4CC[C@@]3(C)[C@]1(C)CC2. The predicted molar refractivity (Wildman–Crippen MR) is 143 cm³/mol. The molecule has 0 aromatic carbocycles. The van der Waals surface area contributed by atoms with Crippen LogP contribution in [0, 0.1) is 56.2 Å². The van der Waals surface area contributed by atoms with Crippen LogP contribution in [-0.2, 0) is 9.53 Å². The van der Waals surface area contributed by atoms with Crippen molar-refractivity contribution < 1.29 is 19.7 Å². The van der Waals surface area contributed by atoms with E-state index in [2.05, 4.69) is 61.5 Å². The fourth-order valence-electron chi connectivity index (χ4n) is 11.8. The number of hydrogen-bond donors (Lipinski definition) is 2. The standard InChI is InChI=1S/C32H52O4/c1-19-12-15-32(26(35)36-9)17-16-30(7)24(31(32,8)20(19)2)11-10-23-28(5)18-21(33)25(34)27(3,4)22(28)13-14-29(23,30)6/h11,19-23,25,33-34H,10,12-18H2,1-9H3/t19-,20+,21-,22?,23?,25+,28+,29-,30-,31+,32-/m1/s1. The van der Waals surface area contributed by atoms with Gasteiger partial charge >= 0.3 is 5.97 Å². The lowest BCUT2D eigenvalue weighted by Crippen LogP contribution is -2.69. The van der Waals surface area contributed by atoms with Gasteiger partial charge in [0.25, 0.3) is 0 Å². The number of methoxy groups -OCH3 is 1. The van der Waals surface area contributed by atoms with Gasteiger partial charge in [-0.2, -0.15) is 0 Å². The van der Waals surface area contributed by atoms with Crippen molar-refractivity contribution in [3.63, 3.8) is 0 Å². The quantitative estimate of drug-likeness (QED) is 0.317. The summed E-state index contributed by atoms with van der Waals surface area (Å²) in [5, 5.41) is 22.0. The van der Waals surface area contributed by atoms with Crippen molar-refractivity contribution in [2.24, 2.45) is 56.2 Å². The van der Waals surface area contributed by atoms with E-state index in [9.17, 15) is 15.0 Å². The second-order valence-corrected chi connectivity index (χ2v) is 15.4. The number of ether oxygens (including phenoxy) is 1. The zero-order chi connectivity index (χ0) is 26.7. The number of rotatable bonds is 1. The molecule has 0 saturated heterocycles. The molecule has 0 aromatic rings. The lowest BCUT2D eigenvalue weighted by Gasteiger charge is -2.73. The first-order valence-electron chi connectivity index (χ1n) is 14.7. The molecule has 4 nitrogen and oxygen atoms in total. The van der Waals surface area contributed by atoms with Crippen LogP contribution < -0.4 is 0 Å². The molecule has 0 bridgehead atoms. The maximum absolute atomic E-state index is 13.6. The number of hydrogen-bond acceptors (Lipinski definition) is 4. The lowest BCUT2D eigenvalue weighted by atomic mass is 9.31. The number of fused-ring (bicyclic) bond motifs is 7. The lowest BCUT2D eigenvalue weighted by molar-refractivity contribution is -0.237. The molecule has 0 aromatic heterocycles. The van der Waals surface area contributed by atoms with Gasteiger partial charge in [-0.25, -0.2) is 0 Å². The Morgan fingerprint density at radius 2 is 1.61 bits per heavy atom. The molecule has 4 fully saturated rings. The molecule has 0 radical (unpaired) electrons. The highest BCUT2D eigenvalue weighted by atomic mass is 16.5. The van der Waals surface area contributed by atoms with Crippen LogP contribution >= 0.6 is 0 Å². The summed E-state index contributed by atoms with van der Waals surface area (Å²) in [7, 11) is 1.58. The summed E-state index contributed by atoms with van der Waals surface area (Å²) in [4.78, 5) is 13.6. The van der Waals surface area contributed by atoms with Crippen LogP contribution in [0.1, 0.15) is 107 Å². The van der Waals surface area contributed by atoms with Crippen molar-refractivity contribution in [3.8, 4) is 0 Å². The molecule has 0 aliphatic heterocycles. The van der Waals surface area contributed by atoms with E-state index in [1.807, 2.05) is 0 Å². The van der Waals surface area contributed by atoms with Crippen LogP contribution in [0.5, 0.6) is 0 Å². The molecule has 0 amide bonds. The third-order valence-electron chi connectivity index (χ3n) is 14.4. The van der Waals surface area contributed by atoms with E-state index in [-0.39, 0.29) is 33.0 Å². The maximum Gasteiger partial charge on any atom is 0.312 e. The van der Waals surface area contributed by atoms with E-state index >= 15 is 0 Å². The first-order valence-corrected chi connectivity index (χ1v) is 14.7. The molecule has 4 heteroatoms. The van der Waals surface area contributed by atoms with Crippen LogP contribution in [0.2, 0.25) is 0 Å². The van der Waals surface area contributed by atoms with Crippen molar-refractivity contribution in [1.82, 2.24) is 0 Å². The van der Waals surface area contributed by atoms with Gasteiger partial charge in [0.15, 0.2) is 0 Å². The van der Waals surface area contributed by atoms with Crippen molar-refractivity contribution in [2.75, 3.05) is 7.11 Å². The van der Waals surface area contributed by atoms with Crippen LogP contribution in [0.4, 0.5) is 0 Å². The summed E-state index contributed by atoms with van der Waals surface area (Å²) in [5.74, 6) is 1.83. The van der Waals surface area contributed by atoms with E-state index in [1.165, 1.54) is 5.57 Å². The molecular weight excluding hydrogens is 448 g/mol. The minimum Gasteiger partial charge on any atom is -0.469 e. The minimum absolute atomic E-state index is 0.000728. The number of aliphatic hydroxyl groups is 2. The van der Waals surface area contributed by atoms with Gasteiger partial charge < -0.3 is 14.9 Å². The van der Waals surface area contributed by atoms with Gasteiger partial charge in [-0.05, 0) is 96.7 Å². The molecule has 2 unspecified atom stereocenters. The molecule has 2 N–H and O–H groups in total. The first-order chi connectivity index (χ1) is 16.6. The summed E-state index contributed by atoms with van der Waals surface area (Å²) in [6, 6.07) is 0. The first kappa shape index (κ1) is 26.7. The largest absolute Gasteiger partial charge is 0.469 e.